The van der Waals surface area contributed by atoms with Crippen LogP contribution in [-0.2, 0) is 0 Å². The van der Waals surface area contributed by atoms with E-state index < -0.39 is 19.2 Å². The number of hydrogen-bond acceptors (Lipinski definition) is 1. The van der Waals surface area contributed by atoms with Crippen molar-refractivity contribution in [2.45, 2.75) is 0 Å². The van der Waals surface area contributed by atoms with Crippen molar-refractivity contribution in [1.82, 2.24) is 0 Å². The molecule has 1 aromatic rings. The molecule has 1 nitrogen and oxygen atoms in total. The first-order valence-electron chi connectivity index (χ1n) is 4.06. The van der Waals surface area contributed by atoms with E-state index in [1.807, 2.05) is 0 Å². The fraction of sp³-hybridized carbons (Fsp3) is 0.250. The second-order valence-electron chi connectivity index (χ2n) is 3.07. The van der Waals surface area contributed by atoms with Gasteiger partial charge in [0.15, 0.2) is 0 Å². The van der Waals surface area contributed by atoms with Gasteiger partial charge in [-0.1, -0.05) is 6.07 Å². The minimum absolute atomic E-state index is 0. The molecule has 0 saturated carbocycles. The van der Waals surface area contributed by atoms with E-state index in [-0.39, 0.29) is 57.1 Å². The molecule has 15 heavy (non-hydrogen) atoms. The van der Waals surface area contributed by atoms with Gasteiger partial charge in [-0.15, -0.1) is 0 Å². The summed E-state index contributed by atoms with van der Waals surface area (Å²) in [6, 6.07) is 5.08. The van der Waals surface area contributed by atoms with E-state index in [2.05, 4.69) is 0 Å². The Bertz CT molecular complexity index is 318. The predicted octanol–water partition coefficient (Wildman–Crippen LogP) is -0.348. The second kappa shape index (κ2) is 6.24. The molecule has 0 N–H and O–H groups in total. The van der Waals surface area contributed by atoms with Crippen LogP contribution in [0.4, 0.5) is 23.0 Å². The molecule has 0 fully saturated rings. The van der Waals surface area contributed by atoms with Gasteiger partial charge in [-0.2, -0.15) is 0 Å². The van der Waals surface area contributed by atoms with Crippen molar-refractivity contribution in [3.8, 4) is 0 Å². The Balaban J connectivity index is 0.00000196. The van der Waals surface area contributed by atoms with Crippen molar-refractivity contribution in [3.05, 3.63) is 30.1 Å². The number of hydrogen-bond donors (Lipinski definition) is 0. The van der Waals surface area contributed by atoms with Crippen LogP contribution in [0.2, 0.25) is 0 Å². The van der Waals surface area contributed by atoms with Crippen LogP contribution in [0.5, 0.6) is 0 Å². The molecule has 0 radical (unpaired) electrons. The van der Waals surface area contributed by atoms with E-state index in [4.69, 9.17) is 0 Å². The van der Waals surface area contributed by atoms with Crippen LogP contribution in [0.15, 0.2) is 24.3 Å². The zero-order valence-corrected chi connectivity index (χ0v) is 11.7. The van der Waals surface area contributed by atoms with Crippen LogP contribution in [0, 0.1) is 5.82 Å². The predicted molar refractivity (Wildman–Crippen MR) is 48.7 cm³/mol. The molecule has 0 heterocycles. The number of anilines is 1. The van der Waals surface area contributed by atoms with Gasteiger partial charge < -0.3 is 17.8 Å². The first kappa shape index (κ1) is 15.4. The molecule has 0 aliphatic rings. The molecule has 0 bridgehead atoms. The van der Waals surface area contributed by atoms with Gasteiger partial charge >= 0.3 is 58.4 Å². The minimum Gasteiger partial charge on any atom is -0.448 e. The third-order valence-electron chi connectivity index (χ3n) is 1.73. The molecular formula is C8H9BF4KN. The quantitative estimate of drug-likeness (QED) is 0.520. The van der Waals surface area contributed by atoms with Crippen molar-refractivity contribution in [2.24, 2.45) is 0 Å². The first-order valence-corrected chi connectivity index (χ1v) is 4.06. The molecule has 0 atom stereocenters. The number of rotatable bonds is 3. The molecule has 0 aliphatic heterocycles. The Morgan fingerprint density at radius 3 is 2.33 bits per heavy atom. The fourth-order valence-electron chi connectivity index (χ4n) is 1.13. The average molecular weight is 245 g/mol. The van der Waals surface area contributed by atoms with E-state index >= 15 is 0 Å². The Kier molecular flexibility index (Phi) is 6.43. The van der Waals surface area contributed by atoms with Crippen LogP contribution in [0.3, 0.4) is 0 Å². The van der Waals surface area contributed by atoms with Gasteiger partial charge in [0, 0.05) is 12.7 Å². The van der Waals surface area contributed by atoms with Gasteiger partial charge in [-0.25, -0.2) is 4.39 Å². The van der Waals surface area contributed by atoms with E-state index in [0.717, 1.165) is 11.0 Å². The Hall–Kier alpha value is 0.441. The maximum absolute atomic E-state index is 12.7. The largest absolute Gasteiger partial charge is 1.00 e. The summed E-state index contributed by atoms with van der Waals surface area (Å²) >= 11 is 0. The Labute approximate surface area is 128 Å². The summed E-state index contributed by atoms with van der Waals surface area (Å²) in [6.45, 7) is -4.88. The van der Waals surface area contributed by atoms with E-state index in [1.54, 1.807) is 0 Å². The monoisotopic (exact) mass is 245 g/mol. The van der Waals surface area contributed by atoms with Crippen molar-refractivity contribution in [1.29, 1.82) is 0 Å². The molecule has 7 heteroatoms. The van der Waals surface area contributed by atoms with Crippen molar-refractivity contribution in [3.63, 3.8) is 0 Å². The van der Waals surface area contributed by atoms with Gasteiger partial charge in [-0.3, -0.25) is 0 Å². The normalized spacial score (nSPS) is 10.7. The average Bonchev–Trinajstić information content (AvgIpc) is 2.01. The summed E-state index contributed by atoms with van der Waals surface area (Å²) in [5, 5.41) is 0. The molecule has 0 amide bonds. The zero-order chi connectivity index (χ0) is 10.8. The van der Waals surface area contributed by atoms with Gasteiger partial charge in [0.05, 0.1) is 0 Å². The Morgan fingerprint density at radius 2 is 1.87 bits per heavy atom. The van der Waals surface area contributed by atoms with Crippen molar-refractivity contribution < 1.29 is 68.7 Å². The Morgan fingerprint density at radius 1 is 1.27 bits per heavy atom. The topological polar surface area (TPSA) is 3.24 Å². The summed E-state index contributed by atoms with van der Waals surface area (Å²) < 4.78 is 48.7. The number of nitrogens with zero attached hydrogens (tertiary/aromatic N) is 1. The third kappa shape index (κ3) is 5.91. The molecule has 0 spiro atoms. The summed E-state index contributed by atoms with van der Waals surface area (Å²) in [6.07, 6.45) is -1.02. The maximum Gasteiger partial charge on any atom is 1.00 e. The zero-order valence-electron chi connectivity index (χ0n) is 8.55. The van der Waals surface area contributed by atoms with E-state index in [1.165, 1.54) is 25.2 Å². The van der Waals surface area contributed by atoms with Crippen molar-refractivity contribution >= 4 is 12.7 Å². The molecular weight excluding hydrogens is 236 g/mol. The molecule has 78 valence electrons. The summed E-state index contributed by atoms with van der Waals surface area (Å²) in [7, 11) is 1.28. The van der Waals surface area contributed by atoms with Crippen LogP contribution in [0.1, 0.15) is 0 Å². The first-order chi connectivity index (χ1) is 6.38. The third-order valence-corrected chi connectivity index (χ3v) is 1.73. The van der Waals surface area contributed by atoms with Crippen LogP contribution in [-0.4, -0.2) is 20.5 Å². The van der Waals surface area contributed by atoms with Gasteiger partial charge in [0.1, 0.15) is 5.82 Å². The summed E-state index contributed by atoms with van der Waals surface area (Å²) in [5.41, 5.74) is 0.226. The SMILES string of the molecule is CN(C[B-](F)(F)F)c1cccc(F)c1.[K+]. The van der Waals surface area contributed by atoms with Crippen LogP contribution >= 0.6 is 0 Å². The van der Waals surface area contributed by atoms with Crippen LogP contribution < -0.4 is 56.3 Å². The standard InChI is InChI=1S/C8H9BF4N.K/c1-14(6-9(11,12)13)8-4-2-3-7(10)5-8;/h2-5H,6H2,1H3;/q-1;+1. The molecule has 0 saturated heterocycles. The molecule has 1 aromatic carbocycles. The van der Waals surface area contributed by atoms with Gasteiger partial charge in [-0.05, 0) is 24.6 Å². The van der Waals surface area contributed by atoms with Crippen molar-refractivity contribution in [2.75, 3.05) is 18.4 Å². The molecule has 0 aromatic heterocycles. The number of halogens is 4. The number of benzene rings is 1. The second-order valence-corrected chi connectivity index (χ2v) is 3.07. The van der Waals surface area contributed by atoms with Crippen LogP contribution in [0.25, 0.3) is 0 Å². The smallest absolute Gasteiger partial charge is 0.448 e. The molecule has 0 unspecified atom stereocenters. The van der Waals surface area contributed by atoms with E-state index in [9.17, 15) is 17.3 Å². The van der Waals surface area contributed by atoms with Gasteiger partial charge in [0.2, 0.25) is 0 Å². The molecule has 0 aliphatic carbocycles. The fourth-order valence-corrected chi connectivity index (χ4v) is 1.13. The maximum atomic E-state index is 12.7. The summed E-state index contributed by atoms with van der Waals surface area (Å²) in [4.78, 5) is 0.975. The summed E-state index contributed by atoms with van der Waals surface area (Å²) in [5.74, 6) is -0.538. The van der Waals surface area contributed by atoms with E-state index in [0.29, 0.717) is 0 Å². The van der Waals surface area contributed by atoms with Gasteiger partial charge in [0.25, 0.3) is 0 Å². The molecule has 1 rings (SSSR count). The minimum atomic E-state index is -4.88.